The number of sulfonamides is 1. The lowest BCUT2D eigenvalue weighted by Crippen LogP contribution is -2.48. The van der Waals surface area contributed by atoms with E-state index in [0.717, 1.165) is 5.69 Å². The van der Waals surface area contributed by atoms with Crippen molar-refractivity contribution in [2.24, 2.45) is 0 Å². The molecule has 2 saturated heterocycles. The number of hydrogen-bond acceptors (Lipinski definition) is 5. The molecule has 1 unspecified atom stereocenters. The molecule has 4 rings (SSSR count). The van der Waals surface area contributed by atoms with Gasteiger partial charge in [-0.3, -0.25) is 4.79 Å². The summed E-state index contributed by atoms with van der Waals surface area (Å²) in [6.07, 6.45) is 0. The van der Waals surface area contributed by atoms with E-state index in [9.17, 15) is 17.6 Å². The molecule has 2 aliphatic rings. The summed E-state index contributed by atoms with van der Waals surface area (Å²) in [5.74, 6) is -0.393. The molecule has 172 valence electrons. The fourth-order valence-corrected chi connectivity index (χ4v) is 5.96. The minimum absolute atomic E-state index is 0.0424. The van der Waals surface area contributed by atoms with Gasteiger partial charge in [-0.2, -0.15) is 4.31 Å². The van der Waals surface area contributed by atoms with Gasteiger partial charge in [-0.15, -0.1) is 0 Å². The molecule has 1 atom stereocenters. The van der Waals surface area contributed by atoms with Crippen LogP contribution in [0.3, 0.4) is 0 Å². The van der Waals surface area contributed by atoms with Crippen LogP contribution in [0.25, 0.3) is 0 Å². The highest BCUT2D eigenvalue weighted by Crippen LogP contribution is 2.30. The minimum Gasteiger partial charge on any atom is -0.378 e. The normalized spacial score (nSPS) is 21.9. The first-order valence-electron chi connectivity index (χ1n) is 10.8. The summed E-state index contributed by atoms with van der Waals surface area (Å²) in [6.45, 7) is 4.51. The topological polar surface area (TPSA) is 70.2 Å². The van der Waals surface area contributed by atoms with Crippen LogP contribution < -0.4 is 4.90 Å². The summed E-state index contributed by atoms with van der Waals surface area (Å²) in [6, 6.07) is 13.9. The molecule has 1 amide bonds. The van der Waals surface area contributed by atoms with Crippen molar-refractivity contribution in [2.45, 2.75) is 18.7 Å². The van der Waals surface area contributed by atoms with Gasteiger partial charge in [-0.25, -0.2) is 12.8 Å². The largest absolute Gasteiger partial charge is 0.378 e. The maximum Gasteiger partial charge on any atom is 0.223 e. The fraction of sp³-hybridized carbons (Fsp3) is 0.435. The summed E-state index contributed by atoms with van der Waals surface area (Å²) in [7, 11) is -3.72. The van der Waals surface area contributed by atoms with Crippen LogP contribution in [0.1, 0.15) is 23.3 Å². The van der Waals surface area contributed by atoms with Crippen molar-refractivity contribution >= 4 is 21.6 Å². The van der Waals surface area contributed by atoms with Crippen molar-refractivity contribution in [3.63, 3.8) is 0 Å². The van der Waals surface area contributed by atoms with Crippen molar-refractivity contribution in [3.05, 3.63) is 65.5 Å². The van der Waals surface area contributed by atoms with Crippen molar-refractivity contribution in [3.8, 4) is 0 Å². The van der Waals surface area contributed by atoms with Crippen molar-refractivity contribution in [2.75, 3.05) is 50.8 Å². The molecule has 0 spiro atoms. The first-order chi connectivity index (χ1) is 15.4. The molecular weight excluding hydrogens is 433 g/mol. The Hall–Kier alpha value is -2.49. The number of benzene rings is 2. The number of hydrogen-bond donors (Lipinski definition) is 0. The lowest BCUT2D eigenvalue weighted by Gasteiger charge is -2.35. The van der Waals surface area contributed by atoms with E-state index in [2.05, 4.69) is 0 Å². The van der Waals surface area contributed by atoms with Gasteiger partial charge in [0.2, 0.25) is 15.9 Å². The molecule has 0 aromatic heterocycles. The maximum absolute atomic E-state index is 15.0. The van der Waals surface area contributed by atoms with Crippen molar-refractivity contribution < 1.29 is 22.3 Å². The number of nitrogens with zero attached hydrogens (tertiary/aromatic N) is 3. The molecule has 0 radical (unpaired) electrons. The predicted molar refractivity (Wildman–Crippen MR) is 120 cm³/mol. The Kier molecular flexibility index (Phi) is 6.78. The van der Waals surface area contributed by atoms with Gasteiger partial charge in [-0.1, -0.05) is 36.4 Å². The Morgan fingerprint density at radius 1 is 1.06 bits per heavy atom. The van der Waals surface area contributed by atoms with E-state index in [4.69, 9.17) is 4.74 Å². The molecule has 2 aromatic rings. The first kappa shape index (κ1) is 22.7. The summed E-state index contributed by atoms with van der Waals surface area (Å²) in [5, 5.41) is -0.814. The van der Waals surface area contributed by atoms with Crippen LogP contribution in [0.15, 0.2) is 48.5 Å². The molecule has 0 saturated carbocycles. The van der Waals surface area contributed by atoms with Crippen LogP contribution in [0.4, 0.5) is 10.1 Å². The number of rotatable bonds is 4. The molecule has 2 aliphatic heterocycles. The molecule has 2 aromatic carbocycles. The lowest BCUT2D eigenvalue weighted by atomic mass is 10.1. The highest BCUT2D eigenvalue weighted by atomic mass is 32.2. The number of anilines is 1. The molecule has 2 heterocycles. The number of ether oxygens (including phenoxy) is 1. The summed E-state index contributed by atoms with van der Waals surface area (Å²) in [5.41, 5.74) is 1.73. The SMILES string of the molecule is CC(=O)N1CCN(c2ccc(CN3CCOCC(c4ccccc4)S3(=O)=O)c(F)c2)CC1. The van der Waals surface area contributed by atoms with E-state index in [1.807, 2.05) is 17.0 Å². The Labute approximate surface area is 188 Å². The van der Waals surface area contributed by atoms with Gasteiger partial charge >= 0.3 is 0 Å². The quantitative estimate of drug-likeness (QED) is 0.699. The number of carbonyl (C=O) groups excluding carboxylic acids is 1. The van der Waals surface area contributed by atoms with Gasteiger partial charge in [0.15, 0.2) is 0 Å². The van der Waals surface area contributed by atoms with Crippen LogP contribution in [-0.4, -0.2) is 69.5 Å². The van der Waals surface area contributed by atoms with E-state index in [1.165, 1.54) is 10.4 Å². The standard InChI is InChI=1S/C23H28FN3O4S/c1-18(28)25-9-11-26(12-10-25)21-8-7-20(22(24)15-21)16-27-13-14-31-17-23(32(27,29)30)19-5-3-2-4-6-19/h2-8,15,23H,9-14,16-17H2,1H3. The zero-order valence-electron chi connectivity index (χ0n) is 18.1. The summed E-state index contributed by atoms with van der Waals surface area (Å²) < 4.78 is 48.5. The average molecular weight is 462 g/mol. The molecular formula is C23H28FN3O4S. The first-order valence-corrected chi connectivity index (χ1v) is 12.3. The van der Waals surface area contributed by atoms with E-state index in [-0.39, 0.29) is 32.2 Å². The van der Waals surface area contributed by atoms with Crippen LogP contribution in [0.2, 0.25) is 0 Å². The molecule has 9 heteroatoms. The van der Waals surface area contributed by atoms with Gasteiger partial charge in [0.05, 0.1) is 13.2 Å². The summed E-state index contributed by atoms with van der Waals surface area (Å²) in [4.78, 5) is 15.3. The molecule has 0 N–H and O–H groups in total. The van der Waals surface area contributed by atoms with Crippen molar-refractivity contribution in [1.82, 2.24) is 9.21 Å². The van der Waals surface area contributed by atoms with E-state index < -0.39 is 21.1 Å². The maximum atomic E-state index is 15.0. The Balaban J connectivity index is 1.50. The third-order valence-corrected chi connectivity index (χ3v) is 8.28. The second kappa shape index (κ2) is 9.56. The highest BCUT2D eigenvalue weighted by molar-refractivity contribution is 7.89. The van der Waals surface area contributed by atoms with E-state index >= 15 is 0 Å². The van der Waals surface area contributed by atoms with Gasteiger partial charge in [0, 0.05) is 57.4 Å². The number of carbonyl (C=O) groups is 1. The van der Waals surface area contributed by atoms with E-state index in [0.29, 0.717) is 37.3 Å². The van der Waals surface area contributed by atoms with Gasteiger partial charge in [0.1, 0.15) is 11.1 Å². The van der Waals surface area contributed by atoms with Crippen LogP contribution in [-0.2, 0) is 26.1 Å². The second-order valence-electron chi connectivity index (χ2n) is 8.12. The number of halogens is 1. The minimum atomic E-state index is -3.72. The average Bonchev–Trinajstić information content (AvgIpc) is 2.93. The van der Waals surface area contributed by atoms with Crippen LogP contribution >= 0.6 is 0 Å². The molecule has 32 heavy (non-hydrogen) atoms. The van der Waals surface area contributed by atoms with Crippen molar-refractivity contribution in [1.29, 1.82) is 0 Å². The second-order valence-corrected chi connectivity index (χ2v) is 10.2. The lowest BCUT2D eigenvalue weighted by molar-refractivity contribution is -0.129. The van der Waals surface area contributed by atoms with Gasteiger partial charge < -0.3 is 14.5 Å². The summed E-state index contributed by atoms with van der Waals surface area (Å²) >= 11 is 0. The van der Waals surface area contributed by atoms with Crippen LogP contribution in [0.5, 0.6) is 0 Å². The smallest absolute Gasteiger partial charge is 0.223 e. The Bertz CT molecular complexity index is 1060. The molecule has 0 aliphatic carbocycles. The molecule has 0 bridgehead atoms. The number of amides is 1. The van der Waals surface area contributed by atoms with Crippen LogP contribution in [0, 0.1) is 5.82 Å². The number of piperazine rings is 1. The Morgan fingerprint density at radius 2 is 1.78 bits per heavy atom. The monoisotopic (exact) mass is 461 g/mol. The van der Waals surface area contributed by atoms with Gasteiger partial charge in [0.25, 0.3) is 0 Å². The van der Waals surface area contributed by atoms with E-state index in [1.54, 1.807) is 42.2 Å². The fourth-order valence-electron chi connectivity index (χ4n) is 4.19. The molecule has 2 fully saturated rings. The zero-order chi connectivity index (χ0) is 22.7. The predicted octanol–water partition coefficient (Wildman–Crippen LogP) is 2.40. The zero-order valence-corrected chi connectivity index (χ0v) is 18.9. The third kappa shape index (κ3) is 4.79. The Morgan fingerprint density at radius 3 is 2.44 bits per heavy atom. The molecule has 7 nitrogen and oxygen atoms in total. The third-order valence-electron chi connectivity index (χ3n) is 6.12. The highest BCUT2D eigenvalue weighted by Gasteiger charge is 2.36. The van der Waals surface area contributed by atoms with Gasteiger partial charge in [-0.05, 0) is 17.7 Å².